The molecule has 0 N–H and O–H groups in total. The predicted octanol–water partition coefficient (Wildman–Crippen LogP) is 3.31. The lowest BCUT2D eigenvalue weighted by atomic mass is 10.1. The Balaban J connectivity index is 1.91. The quantitative estimate of drug-likeness (QED) is 0.851. The smallest absolute Gasteiger partial charge is 0.258 e. The van der Waals surface area contributed by atoms with Crippen molar-refractivity contribution >= 4 is 28.1 Å². The Kier molecular flexibility index (Phi) is 3.10. The summed E-state index contributed by atoms with van der Waals surface area (Å²) >= 11 is 1.35. The summed E-state index contributed by atoms with van der Waals surface area (Å²) in [6.07, 6.45) is 0. The van der Waals surface area contributed by atoms with Crippen LogP contribution in [0.1, 0.15) is 13.8 Å². The van der Waals surface area contributed by atoms with Crippen LogP contribution in [0.3, 0.4) is 0 Å². The van der Waals surface area contributed by atoms with Crippen LogP contribution < -0.4 is 5.01 Å². The fourth-order valence-corrected chi connectivity index (χ4v) is 2.70. The van der Waals surface area contributed by atoms with Gasteiger partial charge in [-0.05, 0) is 38.1 Å². The Morgan fingerprint density at radius 2 is 2.00 bits per heavy atom. The molecule has 1 aliphatic heterocycles. The van der Waals surface area contributed by atoms with Gasteiger partial charge in [-0.2, -0.15) is 10.1 Å². The van der Waals surface area contributed by atoms with E-state index in [0.29, 0.717) is 10.8 Å². The second-order valence-corrected chi connectivity index (χ2v) is 5.47. The molecule has 6 heteroatoms. The van der Waals surface area contributed by atoms with Crippen molar-refractivity contribution in [1.29, 1.82) is 0 Å². The Morgan fingerprint density at radius 1 is 1.30 bits per heavy atom. The highest BCUT2D eigenvalue weighted by Gasteiger charge is 2.32. The number of thiazole rings is 1. The summed E-state index contributed by atoms with van der Waals surface area (Å²) < 4.78 is 12.9. The van der Waals surface area contributed by atoms with Crippen LogP contribution in [0.5, 0.6) is 0 Å². The Hall–Kier alpha value is -2.08. The van der Waals surface area contributed by atoms with Crippen molar-refractivity contribution in [1.82, 2.24) is 4.98 Å². The molecule has 1 atom stereocenters. The van der Waals surface area contributed by atoms with Crippen LogP contribution in [-0.2, 0) is 4.79 Å². The topological polar surface area (TPSA) is 45.6 Å². The van der Waals surface area contributed by atoms with E-state index in [0.717, 1.165) is 11.3 Å². The molecule has 2 heterocycles. The lowest BCUT2D eigenvalue weighted by Crippen LogP contribution is -2.24. The van der Waals surface area contributed by atoms with Crippen molar-refractivity contribution in [3.8, 4) is 11.3 Å². The number of hydrogen-bond acceptors (Lipinski definition) is 4. The first kappa shape index (κ1) is 12.9. The number of anilines is 1. The maximum atomic E-state index is 12.9. The molecule has 0 saturated heterocycles. The molecule has 0 radical (unpaired) electrons. The van der Waals surface area contributed by atoms with Gasteiger partial charge in [-0.1, -0.05) is 0 Å². The molecule has 1 amide bonds. The van der Waals surface area contributed by atoms with Gasteiger partial charge in [0.1, 0.15) is 5.82 Å². The van der Waals surface area contributed by atoms with Crippen molar-refractivity contribution < 1.29 is 9.18 Å². The highest BCUT2D eigenvalue weighted by atomic mass is 32.1. The molecule has 2 aromatic rings. The molecule has 0 fully saturated rings. The number of benzene rings is 1. The third-order valence-corrected chi connectivity index (χ3v) is 4.09. The third kappa shape index (κ3) is 2.12. The monoisotopic (exact) mass is 289 g/mol. The number of rotatable bonds is 2. The van der Waals surface area contributed by atoms with Crippen LogP contribution in [-0.4, -0.2) is 16.6 Å². The zero-order chi connectivity index (χ0) is 14.3. The number of nitrogens with zero attached hydrogens (tertiary/aromatic N) is 3. The molecule has 0 spiro atoms. The maximum Gasteiger partial charge on any atom is 0.258 e. The van der Waals surface area contributed by atoms with Gasteiger partial charge in [0, 0.05) is 16.7 Å². The Morgan fingerprint density at radius 3 is 2.60 bits per heavy atom. The fraction of sp³-hybridized carbons (Fsp3) is 0.214. The predicted molar refractivity (Wildman–Crippen MR) is 77.3 cm³/mol. The fourth-order valence-electron chi connectivity index (χ4n) is 1.91. The number of carbonyl (C=O) groups excluding carboxylic acids is 1. The minimum atomic E-state index is -0.284. The number of amides is 1. The molecular weight excluding hydrogens is 277 g/mol. The van der Waals surface area contributed by atoms with Crippen LogP contribution in [0.2, 0.25) is 0 Å². The summed E-state index contributed by atoms with van der Waals surface area (Å²) in [5.41, 5.74) is 2.31. The summed E-state index contributed by atoms with van der Waals surface area (Å²) in [5, 5.41) is 7.95. The summed E-state index contributed by atoms with van der Waals surface area (Å²) in [6.45, 7) is 3.66. The molecule has 20 heavy (non-hydrogen) atoms. The molecule has 0 aliphatic carbocycles. The van der Waals surface area contributed by atoms with Crippen LogP contribution in [0.15, 0.2) is 34.7 Å². The Labute approximate surface area is 119 Å². The zero-order valence-corrected chi connectivity index (χ0v) is 11.8. The standard InChI is InChI=1S/C14H12FN3OS/c1-8-9(2)17-18(13(8)19)14-16-12(7-20-14)10-3-5-11(15)6-4-10/h3-8H,1-2H3/t8-/m1/s1. The summed E-state index contributed by atoms with van der Waals surface area (Å²) in [5.74, 6) is -0.552. The van der Waals surface area contributed by atoms with Gasteiger partial charge in [0.25, 0.3) is 5.91 Å². The normalized spacial score (nSPS) is 18.6. The summed E-state index contributed by atoms with van der Waals surface area (Å²) in [4.78, 5) is 16.4. The third-order valence-electron chi connectivity index (χ3n) is 3.28. The first-order valence-corrected chi connectivity index (χ1v) is 7.05. The van der Waals surface area contributed by atoms with E-state index < -0.39 is 0 Å². The highest BCUT2D eigenvalue weighted by molar-refractivity contribution is 7.14. The number of halogens is 1. The minimum Gasteiger partial charge on any atom is -0.272 e. The lowest BCUT2D eigenvalue weighted by Gasteiger charge is -2.07. The average molecular weight is 289 g/mol. The van der Waals surface area contributed by atoms with E-state index in [1.165, 1.54) is 28.5 Å². The lowest BCUT2D eigenvalue weighted by molar-refractivity contribution is -0.119. The molecule has 4 nitrogen and oxygen atoms in total. The molecule has 3 rings (SSSR count). The zero-order valence-electron chi connectivity index (χ0n) is 11.0. The van der Waals surface area contributed by atoms with Gasteiger partial charge in [0.15, 0.2) is 0 Å². The van der Waals surface area contributed by atoms with E-state index >= 15 is 0 Å². The highest BCUT2D eigenvalue weighted by Crippen LogP contribution is 2.30. The van der Waals surface area contributed by atoms with E-state index in [4.69, 9.17) is 0 Å². The number of carbonyl (C=O) groups is 1. The summed E-state index contributed by atoms with van der Waals surface area (Å²) in [6, 6.07) is 6.10. The van der Waals surface area contributed by atoms with E-state index in [9.17, 15) is 9.18 Å². The number of hydrazone groups is 1. The van der Waals surface area contributed by atoms with Gasteiger partial charge >= 0.3 is 0 Å². The SMILES string of the molecule is CC1=NN(c2nc(-c3ccc(F)cc3)cs2)C(=O)[C@@H]1C. The van der Waals surface area contributed by atoms with Crippen LogP contribution in [0, 0.1) is 11.7 Å². The molecule has 0 unspecified atom stereocenters. The molecule has 0 bridgehead atoms. The van der Waals surface area contributed by atoms with E-state index in [-0.39, 0.29) is 17.6 Å². The van der Waals surface area contributed by atoms with Gasteiger partial charge < -0.3 is 0 Å². The molecule has 0 saturated carbocycles. The minimum absolute atomic E-state index is 0.0671. The second kappa shape index (κ2) is 4.79. The van der Waals surface area contributed by atoms with Gasteiger partial charge in [0.05, 0.1) is 11.6 Å². The van der Waals surface area contributed by atoms with Gasteiger partial charge in [-0.25, -0.2) is 9.37 Å². The van der Waals surface area contributed by atoms with E-state index in [1.807, 2.05) is 19.2 Å². The van der Waals surface area contributed by atoms with Crippen molar-refractivity contribution in [2.45, 2.75) is 13.8 Å². The van der Waals surface area contributed by atoms with Crippen LogP contribution in [0.25, 0.3) is 11.3 Å². The van der Waals surface area contributed by atoms with Crippen LogP contribution in [0.4, 0.5) is 9.52 Å². The molecule has 1 aromatic heterocycles. The maximum absolute atomic E-state index is 12.9. The average Bonchev–Trinajstić information content (AvgIpc) is 3.01. The first-order chi connectivity index (χ1) is 9.56. The number of hydrogen-bond donors (Lipinski definition) is 0. The first-order valence-electron chi connectivity index (χ1n) is 6.17. The van der Waals surface area contributed by atoms with Gasteiger partial charge in [-0.15, -0.1) is 11.3 Å². The molecule has 1 aromatic carbocycles. The van der Waals surface area contributed by atoms with E-state index in [2.05, 4.69) is 10.1 Å². The Bertz CT molecular complexity index is 693. The van der Waals surface area contributed by atoms with Crippen molar-refractivity contribution in [2.75, 3.05) is 5.01 Å². The van der Waals surface area contributed by atoms with Crippen LogP contribution >= 0.6 is 11.3 Å². The second-order valence-electron chi connectivity index (χ2n) is 4.64. The summed E-state index contributed by atoms with van der Waals surface area (Å²) in [7, 11) is 0. The van der Waals surface area contributed by atoms with Gasteiger partial charge in [0.2, 0.25) is 5.13 Å². The largest absolute Gasteiger partial charge is 0.272 e. The molecule has 102 valence electrons. The molecular formula is C14H12FN3OS. The molecule has 1 aliphatic rings. The van der Waals surface area contributed by atoms with Crippen molar-refractivity contribution in [2.24, 2.45) is 11.0 Å². The van der Waals surface area contributed by atoms with Crippen molar-refractivity contribution in [3.05, 3.63) is 35.5 Å². The van der Waals surface area contributed by atoms with Gasteiger partial charge in [-0.3, -0.25) is 4.79 Å². The number of aromatic nitrogens is 1. The van der Waals surface area contributed by atoms with E-state index in [1.54, 1.807) is 12.1 Å². The van der Waals surface area contributed by atoms with Crippen molar-refractivity contribution in [3.63, 3.8) is 0 Å².